The fourth-order valence-electron chi connectivity index (χ4n) is 8.43. The molecule has 2 saturated heterocycles. The molecule has 0 spiro atoms. The van der Waals surface area contributed by atoms with E-state index in [2.05, 4.69) is 148 Å². The topological polar surface area (TPSA) is 214 Å². The zero-order valence-corrected chi connectivity index (χ0v) is 48.0. The average Bonchev–Trinajstić information content (AvgIpc) is 3.46. The minimum atomic E-state index is -1.72. The summed E-state index contributed by atoms with van der Waals surface area (Å²) in [6, 6.07) is 0. The second kappa shape index (κ2) is 49.9. The van der Waals surface area contributed by atoms with Crippen molar-refractivity contribution in [3.05, 3.63) is 134 Å². The van der Waals surface area contributed by atoms with Crippen molar-refractivity contribution in [2.75, 3.05) is 33.0 Å². The minimum Gasteiger partial charge on any atom is -0.457 e. The Morgan fingerprint density at radius 3 is 1.23 bits per heavy atom. The van der Waals surface area contributed by atoms with Crippen LogP contribution in [0.4, 0.5) is 0 Å². The number of carbonyl (C=O) groups is 1. The van der Waals surface area contributed by atoms with Crippen molar-refractivity contribution in [3.63, 3.8) is 0 Å². The molecule has 0 aromatic carbocycles. The summed E-state index contributed by atoms with van der Waals surface area (Å²) in [5.74, 6) is -0.406. The highest BCUT2D eigenvalue weighted by Crippen LogP contribution is 2.26. The Morgan fingerprint density at radius 2 is 0.785 bits per heavy atom. The molecule has 79 heavy (non-hydrogen) atoms. The Bertz CT molecular complexity index is 1810. The van der Waals surface area contributed by atoms with E-state index in [1.807, 2.05) is 0 Å². The Morgan fingerprint density at radius 1 is 0.418 bits per heavy atom. The molecule has 2 heterocycles. The van der Waals surface area contributed by atoms with Gasteiger partial charge in [0, 0.05) is 13.0 Å². The second-order valence-corrected chi connectivity index (χ2v) is 20.1. The van der Waals surface area contributed by atoms with Gasteiger partial charge < -0.3 is 64.2 Å². The van der Waals surface area contributed by atoms with E-state index in [0.29, 0.717) is 13.0 Å². The normalized spacial score (nSPS) is 25.0. The predicted molar refractivity (Wildman–Crippen MR) is 316 cm³/mol. The number of aliphatic hydroxyl groups excluding tert-OH is 7. The van der Waals surface area contributed by atoms with Gasteiger partial charge in [-0.3, -0.25) is 4.79 Å². The van der Waals surface area contributed by atoms with Crippen LogP contribution in [0.3, 0.4) is 0 Å². The van der Waals surface area contributed by atoms with Crippen LogP contribution in [0.25, 0.3) is 0 Å². The van der Waals surface area contributed by atoms with E-state index < -0.39 is 86.7 Å². The third-order valence-electron chi connectivity index (χ3n) is 13.2. The van der Waals surface area contributed by atoms with Crippen molar-refractivity contribution < 1.29 is 69.0 Å². The van der Waals surface area contributed by atoms with Crippen LogP contribution in [0.1, 0.15) is 168 Å². The number of unbranched alkanes of at least 4 members (excludes halogenated alkanes) is 10. The Balaban J connectivity index is 1.74. The molecule has 0 bridgehead atoms. The van der Waals surface area contributed by atoms with Gasteiger partial charge in [0.15, 0.2) is 12.6 Å². The van der Waals surface area contributed by atoms with E-state index in [0.717, 1.165) is 141 Å². The molecule has 11 atom stereocenters. The summed E-state index contributed by atoms with van der Waals surface area (Å²) < 4.78 is 34.4. The number of esters is 1. The molecule has 0 saturated carbocycles. The van der Waals surface area contributed by atoms with Crippen LogP contribution in [0.15, 0.2) is 134 Å². The third kappa shape index (κ3) is 36.3. The van der Waals surface area contributed by atoms with Crippen LogP contribution in [0, 0.1) is 0 Å². The highest BCUT2D eigenvalue weighted by atomic mass is 16.7. The fourth-order valence-corrected chi connectivity index (χ4v) is 8.43. The molecule has 0 amide bonds. The summed E-state index contributed by atoms with van der Waals surface area (Å²) in [7, 11) is 0. The molecular formula is C65H104O14. The molecular weight excluding hydrogens is 1000 g/mol. The molecule has 14 nitrogen and oxygen atoms in total. The van der Waals surface area contributed by atoms with Gasteiger partial charge in [0.2, 0.25) is 0 Å². The zero-order valence-electron chi connectivity index (χ0n) is 48.0. The molecule has 0 aliphatic carbocycles. The van der Waals surface area contributed by atoms with Crippen LogP contribution in [-0.2, 0) is 33.2 Å². The van der Waals surface area contributed by atoms with Crippen molar-refractivity contribution in [1.82, 2.24) is 0 Å². The van der Waals surface area contributed by atoms with Gasteiger partial charge in [-0.2, -0.15) is 0 Å². The SMILES string of the molecule is CC/C=C\C/C=C\C/C=C\C/C=C\C/C=C\C/C=C\CCCCCCCCC(=O)OC(COCCCCCC/C=C\C/C=C\C/C=C\C/C=C\C/C=C\CC)COC1OC(COC2OC(CO)C(O)C(O)C2O)C(O)C(O)C1O. The third-order valence-corrected chi connectivity index (χ3v) is 13.2. The Labute approximate surface area is 475 Å². The first kappa shape index (κ1) is 71.2. The molecule has 0 aromatic rings. The standard InChI is InChI=1S/C65H104O14/c1-3-5-7-9-11-13-15-17-19-21-23-25-26-27-28-29-30-32-34-36-38-40-42-44-46-48-57(67)77-54(51-74-49-47-45-43-41-39-37-35-33-31-24-22-20-18-16-14-12-10-8-6-4-2)52-75-64-63(73)61(71)59(69)56(79-64)53-76-65-62(72)60(70)58(68)55(50-66)78-65/h5-8,11-14,17-20,23-25,27-28,30-32,35,37,54-56,58-66,68-73H,3-4,9-10,15-16,21-22,26,29,33-34,36,38-53H2,1-2H3/b7-5-,8-6-,13-11-,14-12-,19-17-,20-18-,25-23-,28-27-,31-24-,32-30-,37-35-. The van der Waals surface area contributed by atoms with Crippen LogP contribution in [0.5, 0.6) is 0 Å². The quantitative estimate of drug-likeness (QED) is 0.0172. The summed E-state index contributed by atoms with van der Waals surface area (Å²) >= 11 is 0. The van der Waals surface area contributed by atoms with Gasteiger partial charge in [0.05, 0.1) is 26.4 Å². The van der Waals surface area contributed by atoms with Crippen molar-refractivity contribution in [2.24, 2.45) is 0 Å². The molecule has 2 rings (SSSR count). The van der Waals surface area contributed by atoms with Crippen molar-refractivity contribution >= 4 is 5.97 Å². The lowest BCUT2D eigenvalue weighted by Crippen LogP contribution is -2.61. The first-order valence-corrected chi connectivity index (χ1v) is 29.8. The first-order chi connectivity index (χ1) is 38.6. The molecule has 448 valence electrons. The van der Waals surface area contributed by atoms with Crippen molar-refractivity contribution in [1.29, 1.82) is 0 Å². The van der Waals surface area contributed by atoms with E-state index in [1.165, 1.54) is 0 Å². The molecule has 2 aliphatic heterocycles. The maximum atomic E-state index is 13.1. The number of hydrogen-bond acceptors (Lipinski definition) is 14. The van der Waals surface area contributed by atoms with Crippen LogP contribution in [0.2, 0.25) is 0 Å². The van der Waals surface area contributed by atoms with Gasteiger partial charge in [0.25, 0.3) is 0 Å². The van der Waals surface area contributed by atoms with Crippen LogP contribution in [-0.4, -0.2) is 142 Å². The fraction of sp³-hybridized carbons (Fsp3) is 0.646. The number of carbonyl (C=O) groups excluding carboxylic acids is 1. The molecule has 2 aliphatic rings. The van der Waals surface area contributed by atoms with E-state index in [9.17, 15) is 40.5 Å². The average molecular weight is 1110 g/mol. The van der Waals surface area contributed by atoms with E-state index >= 15 is 0 Å². The smallest absolute Gasteiger partial charge is 0.306 e. The summed E-state index contributed by atoms with van der Waals surface area (Å²) in [4.78, 5) is 13.1. The summed E-state index contributed by atoms with van der Waals surface area (Å²) in [5.41, 5.74) is 0. The molecule has 14 heteroatoms. The lowest BCUT2D eigenvalue weighted by molar-refractivity contribution is -0.332. The number of hydrogen-bond donors (Lipinski definition) is 7. The van der Waals surface area contributed by atoms with Gasteiger partial charge in [-0.1, -0.05) is 186 Å². The predicted octanol–water partition coefficient (Wildman–Crippen LogP) is 11.1. The maximum absolute atomic E-state index is 13.1. The molecule has 7 N–H and O–H groups in total. The molecule has 2 fully saturated rings. The van der Waals surface area contributed by atoms with Crippen LogP contribution >= 0.6 is 0 Å². The molecule has 0 aromatic heterocycles. The maximum Gasteiger partial charge on any atom is 0.306 e. The van der Waals surface area contributed by atoms with Gasteiger partial charge in [-0.25, -0.2) is 0 Å². The van der Waals surface area contributed by atoms with E-state index in [4.69, 9.17) is 28.4 Å². The molecule has 0 radical (unpaired) electrons. The zero-order chi connectivity index (χ0) is 57.2. The lowest BCUT2D eigenvalue weighted by atomic mass is 9.98. The van der Waals surface area contributed by atoms with Crippen molar-refractivity contribution in [2.45, 2.75) is 235 Å². The van der Waals surface area contributed by atoms with Crippen LogP contribution < -0.4 is 0 Å². The van der Waals surface area contributed by atoms with E-state index in [1.54, 1.807) is 0 Å². The molecule has 11 unspecified atom stereocenters. The lowest BCUT2D eigenvalue weighted by Gasteiger charge is -2.42. The summed E-state index contributed by atoms with van der Waals surface area (Å²) in [6.07, 6.45) is 55.0. The number of rotatable bonds is 46. The summed E-state index contributed by atoms with van der Waals surface area (Å²) in [5, 5.41) is 72.4. The first-order valence-electron chi connectivity index (χ1n) is 29.8. The number of aliphatic hydroxyl groups is 7. The monoisotopic (exact) mass is 1110 g/mol. The number of ether oxygens (including phenoxy) is 6. The van der Waals surface area contributed by atoms with Gasteiger partial charge >= 0.3 is 5.97 Å². The Hall–Kier alpha value is -3.87. The highest BCUT2D eigenvalue weighted by molar-refractivity contribution is 5.69. The highest BCUT2D eigenvalue weighted by Gasteiger charge is 2.47. The van der Waals surface area contributed by atoms with Gasteiger partial charge in [0.1, 0.15) is 54.9 Å². The summed E-state index contributed by atoms with van der Waals surface area (Å²) in [6.45, 7) is 3.35. The van der Waals surface area contributed by atoms with Gasteiger partial charge in [-0.05, 0) is 109 Å². The van der Waals surface area contributed by atoms with E-state index in [-0.39, 0.29) is 19.6 Å². The Kier molecular flexibility index (Phi) is 45.0. The van der Waals surface area contributed by atoms with Gasteiger partial charge in [-0.15, -0.1) is 0 Å². The minimum absolute atomic E-state index is 0.0280. The largest absolute Gasteiger partial charge is 0.457 e. The second-order valence-electron chi connectivity index (χ2n) is 20.1. The van der Waals surface area contributed by atoms with Crippen molar-refractivity contribution in [3.8, 4) is 0 Å². The number of allylic oxidation sites excluding steroid dienone is 22.